The Morgan fingerprint density at radius 2 is 2.04 bits per heavy atom. The van der Waals surface area contributed by atoms with Crippen LogP contribution in [0.1, 0.15) is 33.6 Å². The van der Waals surface area contributed by atoms with Crippen molar-refractivity contribution in [1.29, 1.82) is 0 Å². The monoisotopic (exact) mass is 396 g/mol. The second-order valence-electron chi connectivity index (χ2n) is 7.51. The van der Waals surface area contributed by atoms with Gasteiger partial charge in [0.25, 0.3) is 0 Å². The molecule has 8 heteroatoms. The fourth-order valence-electron chi connectivity index (χ4n) is 2.82. The van der Waals surface area contributed by atoms with Gasteiger partial charge in [-0.05, 0) is 32.9 Å². The van der Waals surface area contributed by atoms with Gasteiger partial charge in [-0.2, -0.15) is 0 Å². The lowest BCUT2D eigenvalue weighted by Gasteiger charge is -2.22. The predicted molar refractivity (Wildman–Crippen MR) is 102 cm³/mol. The minimum absolute atomic E-state index is 0.0158. The maximum absolute atomic E-state index is 12.5. The van der Waals surface area contributed by atoms with E-state index in [0.29, 0.717) is 10.7 Å². The van der Waals surface area contributed by atoms with Gasteiger partial charge >= 0.3 is 5.97 Å². The second-order valence-corrected chi connectivity index (χ2v) is 7.91. The summed E-state index contributed by atoms with van der Waals surface area (Å²) in [5.41, 5.74) is 0.160. The smallest absolute Gasteiger partial charge is 0.326 e. The fourth-order valence-corrected chi connectivity index (χ4v) is 3.05. The normalized spacial score (nSPS) is 18.4. The van der Waals surface area contributed by atoms with Crippen LogP contribution in [0.15, 0.2) is 24.3 Å². The van der Waals surface area contributed by atoms with E-state index in [9.17, 15) is 19.5 Å². The molecule has 1 saturated heterocycles. The van der Waals surface area contributed by atoms with Crippen molar-refractivity contribution in [2.75, 3.05) is 18.1 Å². The minimum Gasteiger partial charge on any atom is -0.480 e. The highest BCUT2D eigenvalue weighted by atomic mass is 35.5. The van der Waals surface area contributed by atoms with Crippen molar-refractivity contribution in [3.8, 4) is 0 Å². The third kappa shape index (κ3) is 5.94. The summed E-state index contributed by atoms with van der Waals surface area (Å²) in [6, 6.07) is 5.84. The first-order valence-corrected chi connectivity index (χ1v) is 9.18. The number of amides is 2. The number of benzene rings is 1. The molecule has 0 bridgehead atoms. The Hall–Kier alpha value is -2.12. The molecule has 27 heavy (non-hydrogen) atoms. The lowest BCUT2D eigenvalue weighted by Crippen LogP contribution is -2.45. The summed E-state index contributed by atoms with van der Waals surface area (Å²) < 4.78 is 5.53. The van der Waals surface area contributed by atoms with E-state index in [2.05, 4.69) is 5.32 Å². The van der Waals surface area contributed by atoms with Crippen molar-refractivity contribution in [2.45, 2.75) is 45.3 Å². The van der Waals surface area contributed by atoms with Gasteiger partial charge in [-0.25, -0.2) is 4.79 Å². The zero-order chi connectivity index (χ0) is 20.2. The Bertz CT molecular complexity index is 716. The van der Waals surface area contributed by atoms with Crippen molar-refractivity contribution in [3.05, 3.63) is 29.3 Å². The van der Waals surface area contributed by atoms with Crippen LogP contribution in [0.2, 0.25) is 5.02 Å². The standard InChI is InChI=1S/C19H25ClN2O5/c1-19(2,3)27-9-8-14(18(25)26)21-17(24)12-10-16(23)22(11-12)15-7-5-4-6-13(15)20/h4-7,12,14H,8-11H2,1-3H3,(H,21,24)(H,25,26). The summed E-state index contributed by atoms with van der Waals surface area (Å²) in [6.45, 7) is 5.98. The summed E-state index contributed by atoms with van der Waals surface area (Å²) >= 11 is 6.13. The Balaban J connectivity index is 1.97. The molecule has 1 aromatic carbocycles. The molecule has 1 aromatic rings. The number of carbonyl (C=O) groups is 3. The average molecular weight is 397 g/mol. The third-order valence-corrected chi connectivity index (χ3v) is 4.51. The van der Waals surface area contributed by atoms with Crippen LogP contribution in [0.5, 0.6) is 0 Å². The third-order valence-electron chi connectivity index (χ3n) is 4.20. The van der Waals surface area contributed by atoms with Crippen LogP contribution in [-0.2, 0) is 19.1 Å². The van der Waals surface area contributed by atoms with E-state index in [0.717, 1.165) is 0 Å². The molecule has 0 aromatic heterocycles. The zero-order valence-corrected chi connectivity index (χ0v) is 16.5. The van der Waals surface area contributed by atoms with E-state index in [1.807, 2.05) is 20.8 Å². The highest BCUT2D eigenvalue weighted by Gasteiger charge is 2.37. The molecule has 1 fully saturated rings. The molecule has 2 rings (SSSR count). The van der Waals surface area contributed by atoms with E-state index in [-0.39, 0.29) is 37.5 Å². The SMILES string of the molecule is CC(C)(C)OCCC(NC(=O)C1CC(=O)N(c2ccccc2Cl)C1)C(=O)O. The van der Waals surface area contributed by atoms with E-state index in [1.54, 1.807) is 24.3 Å². The van der Waals surface area contributed by atoms with Crippen molar-refractivity contribution in [2.24, 2.45) is 5.92 Å². The van der Waals surface area contributed by atoms with E-state index in [4.69, 9.17) is 16.3 Å². The number of carboxylic acid groups (broad SMARTS) is 1. The first kappa shape index (κ1) is 21.2. The Morgan fingerprint density at radius 3 is 2.63 bits per heavy atom. The maximum atomic E-state index is 12.5. The van der Waals surface area contributed by atoms with Crippen molar-refractivity contribution in [1.82, 2.24) is 5.32 Å². The summed E-state index contributed by atoms with van der Waals surface area (Å²) in [5, 5.41) is 12.3. The van der Waals surface area contributed by atoms with Gasteiger partial charge < -0.3 is 20.1 Å². The minimum atomic E-state index is -1.13. The molecule has 0 spiro atoms. The van der Waals surface area contributed by atoms with Crippen LogP contribution in [0, 0.1) is 5.92 Å². The molecule has 1 aliphatic heterocycles. The second kappa shape index (κ2) is 8.71. The predicted octanol–water partition coefficient (Wildman–Crippen LogP) is 2.47. The Labute approximate surface area is 163 Å². The van der Waals surface area contributed by atoms with Gasteiger partial charge in [0.15, 0.2) is 0 Å². The van der Waals surface area contributed by atoms with Crippen LogP contribution >= 0.6 is 11.6 Å². The summed E-state index contributed by atoms with van der Waals surface area (Å²) in [4.78, 5) is 37.7. The number of hydrogen-bond acceptors (Lipinski definition) is 4. The summed E-state index contributed by atoms with van der Waals surface area (Å²) in [5.74, 6) is -2.43. The number of rotatable bonds is 7. The van der Waals surface area contributed by atoms with E-state index in [1.165, 1.54) is 4.90 Å². The van der Waals surface area contributed by atoms with Gasteiger partial charge in [0.1, 0.15) is 6.04 Å². The fraction of sp³-hybridized carbons (Fsp3) is 0.526. The van der Waals surface area contributed by atoms with E-state index >= 15 is 0 Å². The van der Waals surface area contributed by atoms with Crippen LogP contribution < -0.4 is 10.2 Å². The van der Waals surface area contributed by atoms with Crippen molar-refractivity contribution >= 4 is 35.1 Å². The number of carbonyl (C=O) groups excluding carboxylic acids is 2. The molecule has 2 N–H and O–H groups in total. The highest BCUT2D eigenvalue weighted by Crippen LogP contribution is 2.31. The number of ether oxygens (including phenoxy) is 1. The number of para-hydroxylation sites is 1. The quantitative estimate of drug-likeness (QED) is 0.738. The van der Waals surface area contributed by atoms with Crippen LogP contribution in [0.25, 0.3) is 0 Å². The molecule has 0 radical (unpaired) electrons. The number of hydrogen-bond donors (Lipinski definition) is 2. The van der Waals surface area contributed by atoms with Crippen LogP contribution in [0.4, 0.5) is 5.69 Å². The molecule has 7 nitrogen and oxygen atoms in total. The summed E-state index contributed by atoms with van der Waals surface area (Å²) in [6.07, 6.45) is 0.162. The number of nitrogens with zero attached hydrogens (tertiary/aromatic N) is 1. The molecule has 0 saturated carbocycles. The topological polar surface area (TPSA) is 95.9 Å². The number of anilines is 1. The Kier molecular flexibility index (Phi) is 6.84. The number of nitrogens with one attached hydrogen (secondary N) is 1. The zero-order valence-electron chi connectivity index (χ0n) is 15.7. The van der Waals surface area contributed by atoms with Gasteiger partial charge in [0.05, 0.1) is 22.2 Å². The van der Waals surface area contributed by atoms with Gasteiger partial charge in [-0.1, -0.05) is 23.7 Å². The molecular weight excluding hydrogens is 372 g/mol. The molecule has 1 aliphatic rings. The number of carboxylic acids is 1. The van der Waals surface area contributed by atoms with E-state index < -0.39 is 23.8 Å². The summed E-state index contributed by atoms with van der Waals surface area (Å²) in [7, 11) is 0. The molecule has 1 heterocycles. The highest BCUT2D eigenvalue weighted by molar-refractivity contribution is 6.33. The molecule has 2 unspecified atom stereocenters. The lowest BCUT2D eigenvalue weighted by molar-refractivity contribution is -0.143. The molecule has 0 aliphatic carbocycles. The molecule has 2 amide bonds. The lowest BCUT2D eigenvalue weighted by atomic mass is 10.1. The van der Waals surface area contributed by atoms with Crippen LogP contribution in [0.3, 0.4) is 0 Å². The first-order valence-electron chi connectivity index (χ1n) is 8.80. The first-order chi connectivity index (χ1) is 12.6. The largest absolute Gasteiger partial charge is 0.480 e. The average Bonchev–Trinajstić information content (AvgIpc) is 2.95. The van der Waals surface area contributed by atoms with Gasteiger partial charge in [-0.3, -0.25) is 9.59 Å². The number of halogens is 1. The van der Waals surface area contributed by atoms with Crippen LogP contribution in [-0.4, -0.2) is 47.7 Å². The molecular formula is C19H25ClN2O5. The van der Waals surface area contributed by atoms with Gasteiger partial charge in [0, 0.05) is 26.0 Å². The molecule has 148 valence electrons. The van der Waals surface area contributed by atoms with Gasteiger partial charge in [-0.15, -0.1) is 0 Å². The Morgan fingerprint density at radius 1 is 1.37 bits per heavy atom. The molecule has 2 atom stereocenters. The maximum Gasteiger partial charge on any atom is 0.326 e. The van der Waals surface area contributed by atoms with Gasteiger partial charge in [0.2, 0.25) is 11.8 Å². The number of aliphatic carboxylic acids is 1. The van der Waals surface area contributed by atoms with Crippen molar-refractivity contribution in [3.63, 3.8) is 0 Å². The van der Waals surface area contributed by atoms with Crippen molar-refractivity contribution < 1.29 is 24.2 Å².